The van der Waals surface area contributed by atoms with Gasteiger partial charge in [-0.3, -0.25) is 0 Å². The summed E-state index contributed by atoms with van der Waals surface area (Å²) in [4.78, 5) is 0. The molecule has 1 rings (SSSR count). The van der Waals surface area contributed by atoms with Crippen molar-refractivity contribution in [3.8, 4) is 0 Å². The number of nitrogens with zero attached hydrogens (tertiary/aromatic N) is 1. The first-order valence-electron chi connectivity index (χ1n) is 6.48. The van der Waals surface area contributed by atoms with Gasteiger partial charge in [0.05, 0.1) is 0 Å². The van der Waals surface area contributed by atoms with Gasteiger partial charge in [0.1, 0.15) is 0 Å². The van der Waals surface area contributed by atoms with Gasteiger partial charge in [0.25, 0.3) is 0 Å². The molecule has 1 aliphatic rings. The number of halogens is 2. The molecule has 112 valence electrons. The molecule has 0 radical (unpaired) electrons. The summed E-state index contributed by atoms with van der Waals surface area (Å²) in [6.45, 7) is 9.03. The molecular formula is C11H30Cl2N4Ti. The van der Waals surface area contributed by atoms with Crippen LogP contribution in [0.15, 0.2) is 0 Å². The second kappa shape index (κ2) is 11.9. The Kier molecular flexibility index (Phi) is 14.2. The van der Waals surface area contributed by atoms with Crippen molar-refractivity contribution in [3.05, 3.63) is 0 Å². The maximum atomic E-state index is 3.51. The fourth-order valence-electron chi connectivity index (χ4n) is 1.94. The van der Waals surface area contributed by atoms with Crippen LogP contribution in [-0.2, 0) is 16.8 Å². The van der Waals surface area contributed by atoms with Gasteiger partial charge >= 0.3 is 104 Å². The molecule has 7 heteroatoms. The molecule has 0 aromatic rings. The minimum absolute atomic E-state index is 0. The summed E-state index contributed by atoms with van der Waals surface area (Å²) in [5.41, 5.74) is 0. The average molecular weight is 337 g/mol. The first-order chi connectivity index (χ1) is 7.61. The van der Waals surface area contributed by atoms with Gasteiger partial charge in [0.2, 0.25) is 0 Å². The van der Waals surface area contributed by atoms with E-state index in [2.05, 4.69) is 35.0 Å². The van der Waals surface area contributed by atoms with Crippen molar-refractivity contribution < 1.29 is 16.8 Å². The van der Waals surface area contributed by atoms with Gasteiger partial charge in [-0.1, -0.05) is 0 Å². The van der Waals surface area contributed by atoms with Crippen LogP contribution in [0.1, 0.15) is 0 Å². The molecule has 3 N–H and O–H groups in total. The topological polar surface area (TPSA) is 39.3 Å². The SMILES string of the molecule is Cl.Cl.[CH3][Ti]([CH3])([CH3])[N]1CCNCCNCCNCC1. The van der Waals surface area contributed by atoms with E-state index in [4.69, 9.17) is 0 Å². The third-order valence-corrected chi connectivity index (χ3v) is 6.68. The van der Waals surface area contributed by atoms with E-state index in [9.17, 15) is 0 Å². The monoisotopic (exact) mass is 336 g/mol. The number of hydrogen-bond acceptors (Lipinski definition) is 4. The van der Waals surface area contributed by atoms with Crippen LogP contribution in [0.25, 0.3) is 0 Å². The van der Waals surface area contributed by atoms with Crippen LogP contribution in [0, 0.1) is 0 Å². The molecule has 1 fully saturated rings. The Bertz CT molecular complexity index is 178. The van der Waals surface area contributed by atoms with Crippen LogP contribution < -0.4 is 16.0 Å². The number of rotatable bonds is 1. The molecule has 0 amide bonds. The maximum absolute atomic E-state index is 3.51. The van der Waals surface area contributed by atoms with Gasteiger partial charge in [0, 0.05) is 0 Å². The van der Waals surface area contributed by atoms with E-state index >= 15 is 0 Å². The van der Waals surface area contributed by atoms with Gasteiger partial charge in [-0.15, -0.1) is 24.8 Å². The van der Waals surface area contributed by atoms with E-state index in [1.807, 2.05) is 0 Å². The Hall–Kier alpha value is 1.13. The van der Waals surface area contributed by atoms with E-state index in [1.165, 1.54) is 13.1 Å². The normalized spacial score (nSPS) is 20.8. The Morgan fingerprint density at radius 3 is 1.33 bits per heavy atom. The Balaban J connectivity index is 0. The first-order valence-corrected chi connectivity index (χ1v) is 11.9. The summed E-state index contributed by atoms with van der Waals surface area (Å²) in [7, 11) is 0. The van der Waals surface area contributed by atoms with Crippen molar-refractivity contribution in [2.75, 3.05) is 52.4 Å². The molecule has 0 atom stereocenters. The van der Waals surface area contributed by atoms with Gasteiger partial charge in [0.15, 0.2) is 0 Å². The quantitative estimate of drug-likeness (QED) is 0.628. The van der Waals surface area contributed by atoms with Crippen LogP contribution in [0.4, 0.5) is 0 Å². The summed E-state index contributed by atoms with van der Waals surface area (Å²) in [5.74, 6) is 0. The van der Waals surface area contributed by atoms with Crippen molar-refractivity contribution in [1.82, 2.24) is 19.3 Å². The van der Waals surface area contributed by atoms with Crippen LogP contribution in [0.3, 0.4) is 0 Å². The molecule has 0 spiro atoms. The predicted molar refractivity (Wildman–Crippen MR) is 82.3 cm³/mol. The second-order valence-corrected chi connectivity index (χ2v) is 13.2. The summed E-state index contributed by atoms with van der Waals surface area (Å²) >= 11 is -1.63. The Labute approximate surface area is 129 Å². The zero-order valence-electron chi connectivity index (χ0n) is 11.9. The zero-order valence-corrected chi connectivity index (χ0v) is 15.1. The van der Waals surface area contributed by atoms with Crippen molar-refractivity contribution >= 4 is 24.8 Å². The molecule has 18 heavy (non-hydrogen) atoms. The van der Waals surface area contributed by atoms with Crippen LogP contribution in [-0.4, -0.2) is 55.7 Å². The van der Waals surface area contributed by atoms with Crippen LogP contribution in [0.5, 0.6) is 0 Å². The van der Waals surface area contributed by atoms with E-state index in [-0.39, 0.29) is 24.8 Å². The molecule has 0 unspecified atom stereocenters. The van der Waals surface area contributed by atoms with E-state index in [1.54, 1.807) is 0 Å². The van der Waals surface area contributed by atoms with Crippen molar-refractivity contribution in [2.45, 2.75) is 15.7 Å². The minimum atomic E-state index is -1.63. The molecule has 4 nitrogen and oxygen atoms in total. The van der Waals surface area contributed by atoms with Gasteiger partial charge in [-0.2, -0.15) is 0 Å². The summed E-state index contributed by atoms with van der Waals surface area (Å²) < 4.78 is 2.73. The van der Waals surface area contributed by atoms with Gasteiger partial charge < -0.3 is 0 Å². The van der Waals surface area contributed by atoms with Gasteiger partial charge in [-0.05, 0) is 0 Å². The van der Waals surface area contributed by atoms with Gasteiger partial charge in [-0.25, -0.2) is 0 Å². The fraction of sp³-hybridized carbons (Fsp3) is 1.00. The molecule has 0 aromatic carbocycles. The van der Waals surface area contributed by atoms with Crippen LogP contribution in [0.2, 0.25) is 15.7 Å². The number of nitrogens with one attached hydrogen (secondary N) is 3. The molecule has 0 aromatic heterocycles. The third-order valence-electron chi connectivity index (χ3n) is 3.02. The third kappa shape index (κ3) is 9.99. The van der Waals surface area contributed by atoms with E-state index in [0.29, 0.717) is 0 Å². The molecule has 0 saturated carbocycles. The van der Waals surface area contributed by atoms with Crippen LogP contribution >= 0.6 is 24.8 Å². The summed E-state index contributed by atoms with van der Waals surface area (Å²) in [6, 6.07) is 0. The van der Waals surface area contributed by atoms with Crippen molar-refractivity contribution in [3.63, 3.8) is 0 Å². The summed E-state index contributed by atoms with van der Waals surface area (Å²) in [6.07, 6.45) is 0. The standard InChI is InChI=1S/C8H19N4.3CH3.2ClH.Ti/c1-2-10-5-6-12-8-7-11-4-3-9-1;;;;;;/h9-11H,1-8H2;3*1H3;2*1H;/q-1;;;;;;+1. The molecular weight excluding hydrogens is 307 g/mol. The zero-order chi connectivity index (χ0) is 11.9. The molecule has 0 bridgehead atoms. The Morgan fingerprint density at radius 1 is 0.667 bits per heavy atom. The second-order valence-electron chi connectivity index (χ2n) is 5.41. The average Bonchev–Trinajstić information content (AvgIpc) is 2.16. The van der Waals surface area contributed by atoms with E-state index in [0.717, 1.165) is 39.3 Å². The molecule has 1 saturated heterocycles. The number of hydrogen-bond donors (Lipinski definition) is 3. The Morgan fingerprint density at radius 2 is 1.00 bits per heavy atom. The van der Waals surface area contributed by atoms with Crippen molar-refractivity contribution in [2.24, 2.45) is 0 Å². The first kappa shape index (κ1) is 21.4. The fourth-order valence-corrected chi connectivity index (χ4v) is 4.38. The van der Waals surface area contributed by atoms with Crippen molar-refractivity contribution in [1.29, 1.82) is 0 Å². The predicted octanol–water partition coefficient (Wildman–Crippen LogP) is 1.13. The molecule has 0 aliphatic carbocycles. The van der Waals surface area contributed by atoms with E-state index < -0.39 is 16.8 Å². The molecule has 1 aliphatic heterocycles. The summed E-state index contributed by atoms with van der Waals surface area (Å²) in [5, 5.41) is 17.9. The molecule has 1 heterocycles.